The zero-order valence-corrected chi connectivity index (χ0v) is 19.8. The molecule has 3 aromatic carbocycles. The molecule has 0 radical (unpaired) electrons. The Morgan fingerprint density at radius 3 is 1.47 bits per heavy atom. The third-order valence-corrected chi connectivity index (χ3v) is 6.82. The maximum Gasteiger partial charge on any atom is 0.231 e. The van der Waals surface area contributed by atoms with E-state index in [4.69, 9.17) is 28.4 Å². The molecule has 1 saturated heterocycles. The Hall–Kier alpha value is -3.66. The maximum atomic E-state index is 5.60. The molecule has 36 heavy (non-hydrogen) atoms. The summed E-state index contributed by atoms with van der Waals surface area (Å²) in [6.07, 6.45) is 0.938. The average Bonchev–Trinajstić information content (AvgIpc) is 3.63. The van der Waals surface area contributed by atoms with Crippen molar-refractivity contribution in [3.63, 3.8) is 0 Å². The Kier molecular flexibility index (Phi) is 5.46. The van der Waals surface area contributed by atoms with Gasteiger partial charge >= 0.3 is 0 Å². The molecule has 9 nitrogen and oxygen atoms in total. The van der Waals surface area contributed by atoms with Crippen LogP contribution in [0.1, 0.15) is 16.7 Å². The quantitative estimate of drug-likeness (QED) is 0.560. The molecular weight excluding hydrogens is 462 g/mol. The van der Waals surface area contributed by atoms with Gasteiger partial charge in [0.25, 0.3) is 0 Å². The van der Waals surface area contributed by atoms with Crippen LogP contribution in [0.3, 0.4) is 0 Å². The lowest BCUT2D eigenvalue weighted by Gasteiger charge is -2.41. The summed E-state index contributed by atoms with van der Waals surface area (Å²) in [4.78, 5) is 0. The molecule has 0 aliphatic carbocycles. The van der Waals surface area contributed by atoms with Gasteiger partial charge in [-0.05, 0) is 65.4 Å². The summed E-state index contributed by atoms with van der Waals surface area (Å²) in [5, 5.41) is 4.54. The van der Waals surface area contributed by atoms with Gasteiger partial charge in [0, 0.05) is 26.2 Å². The lowest BCUT2D eigenvalue weighted by atomic mass is 9.97. The Morgan fingerprint density at radius 2 is 0.972 bits per heavy atom. The van der Waals surface area contributed by atoms with E-state index in [2.05, 4.69) is 52.0 Å². The van der Waals surface area contributed by atoms with Gasteiger partial charge < -0.3 is 28.4 Å². The van der Waals surface area contributed by atoms with E-state index in [0.29, 0.717) is 12.7 Å². The summed E-state index contributed by atoms with van der Waals surface area (Å²) < 4.78 is 33.2. The summed E-state index contributed by atoms with van der Waals surface area (Å²) in [5.41, 5.74) is 7.20. The molecule has 1 N–H and O–H groups in total. The van der Waals surface area contributed by atoms with Crippen LogP contribution in [0, 0.1) is 5.92 Å². The van der Waals surface area contributed by atoms with Gasteiger partial charge in [0.2, 0.25) is 20.4 Å². The minimum absolute atomic E-state index is 0.279. The number of nitrogens with one attached hydrogen (secondary N) is 1. The topological polar surface area (TPSA) is 73.9 Å². The zero-order valence-electron chi connectivity index (χ0n) is 19.8. The van der Waals surface area contributed by atoms with Gasteiger partial charge in [0.05, 0.1) is 0 Å². The fourth-order valence-electron chi connectivity index (χ4n) is 5.21. The van der Waals surface area contributed by atoms with Crippen LogP contribution in [0.5, 0.6) is 34.5 Å². The van der Waals surface area contributed by atoms with Crippen molar-refractivity contribution in [2.24, 2.45) is 5.92 Å². The smallest absolute Gasteiger partial charge is 0.231 e. The molecule has 4 aliphatic rings. The van der Waals surface area contributed by atoms with Crippen LogP contribution in [0.4, 0.5) is 0 Å². The fraction of sp³-hybridized carbons (Fsp3) is 0.333. The van der Waals surface area contributed by atoms with Crippen LogP contribution in [0.25, 0.3) is 0 Å². The van der Waals surface area contributed by atoms with E-state index >= 15 is 0 Å². The van der Waals surface area contributed by atoms with Gasteiger partial charge in [-0.15, -0.1) is 0 Å². The van der Waals surface area contributed by atoms with Crippen LogP contribution in [0.2, 0.25) is 0 Å². The second-order valence-electron chi connectivity index (χ2n) is 9.49. The lowest BCUT2D eigenvalue weighted by Crippen LogP contribution is -2.58. The monoisotopic (exact) mass is 489 g/mol. The van der Waals surface area contributed by atoms with Crippen LogP contribution in [-0.4, -0.2) is 43.5 Å². The molecule has 0 spiro atoms. The van der Waals surface area contributed by atoms with Crippen molar-refractivity contribution in [1.82, 2.24) is 15.6 Å². The van der Waals surface area contributed by atoms with Crippen molar-refractivity contribution in [2.75, 3.05) is 33.5 Å². The van der Waals surface area contributed by atoms with Gasteiger partial charge in [-0.25, -0.2) is 10.0 Å². The molecule has 186 valence electrons. The fourth-order valence-corrected chi connectivity index (χ4v) is 5.21. The predicted molar refractivity (Wildman–Crippen MR) is 129 cm³/mol. The normalized spacial score (nSPS) is 18.7. The summed E-state index contributed by atoms with van der Waals surface area (Å²) in [6, 6.07) is 18.5. The molecule has 0 saturated carbocycles. The van der Waals surface area contributed by atoms with Crippen molar-refractivity contribution < 1.29 is 28.4 Å². The summed E-state index contributed by atoms with van der Waals surface area (Å²) in [7, 11) is 0. The summed E-state index contributed by atoms with van der Waals surface area (Å²) >= 11 is 0. The molecule has 4 aliphatic heterocycles. The molecule has 0 unspecified atom stereocenters. The van der Waals surface area contributed by atoms with Crippen molar-refractivity contribution in [3.05, 3.63) is 71.3 Å². The number of nitrogens with zero attached hydrogens (tertiary/aromatic N) is 2. The van der Waals surface area contributed by atoms with Crippen molar-refractivity contribution in [1.29, 1.82) is 0 Å². The van der Waals surface area contributed by atoms with Crippen LogP contribution >= 0.6 is 0 Å². The van der Waals surface area contributed by atoms with Crippen LogP contribution in [0.15, 0.2) is 54.6 Å². The molecule has 0 bridgehead atoms. The lowest BCUT2D eigenvalue weighted by molar-refractivity contribution is -0.0540. The standard InChI is InChI=1S/C27H27N3O6/c1-4-22-25(34-15-31-22)8-18(1)7-21-13-29(11-19-2-5-23-26(9-19)35-16-32-23)28-30(14-21)12-20-3-6-24-27(10-20)36-17-33-24/h1-6,8-10,21,28H,7,11-17H2. The first kappa shape index (κ1) is 21.6. The molecule has 1 fully saturated rings. The Morgan fingerprint density at radius 1 is 0.556 bits per heavy atom. The first-order valence-corrected chi connectivity index (χ1v) is 12.2. The minimum Gasteiger partial charge on any atom is -0.454 e. The van der Waals surface area contributed by atoms with Gasteiger partial charge in [0.1, 0.15) is 0 Å². The highest BCUT2D eigenvalue weighted by Crippen LogP contribution is 2.35. The highest BCUT2D eigenvalue weighted by molar-refractivity contribution is 5.46. The SMILES string of the molecule is c1cc2c(cc1CC1CN(Cc3ccc4c(c3)OCO4)NN(Cc3ccc4c(c3)OCO4)C1)OCO2. The molecule has 3 aromatic rings. The number of ether oxygens (including phenoxy) is 6. The maximum absolute atomic E-state index is 5.60. The van der Waals surface area contributed by atoms with Crippen LogP contribution < -0.4 is 34.0 Å². The highest BCUT2D eigenvalue weighted by atomic mass is 16.7. The van der Waals surface area contributed by atoms with E-state index in [1.54, 1.807) is 0 Å². The zero-order chi connectivity index (χ0) is 23.9. The minimum atomic E-state index is 0.279. The molecule has 9 heteroatoms. The van der Waals surface area contributed by atoms with E-state index in [9.17, 15) is 0 Å². The largest absolute Gasteiger partial charge is 0.454 e. The molecule has 0 atom stereocenters. The molecule has 4 heterocycles. The number of rotatable bonds is 6. The summed E-state index contributed by atoms with van der Waals surface area (Å²) in [6.45, 7) is 4.14. The van der Waals surface area contributed by atoms with Crippen molar-refractivity contribution in [3.8, 4) is 34.5 Å². The van der Waals surface area contributed by atoms with Crippen molar-refractivity contribution in [2.45, 2.75) is 19.5 Å². The predicted octanol–water partition coefficient (Wildman–Crippen LogP) is 3.47. The number of hydrazine groups is 2. The van der Waals surface area contributed by atoms with E-state index in [0.717, 1.165) is 67.1 Å². The number of fused-ring (bicyclic) bond motifs is 3. The third-order valence-electron chi connectivity index (χ3n) is 6.82. The van der Waals surface area contributed by atoms with E-state index in [-0.39, 0.29) is 13.6 Å². The third kappa shape index (κ3) is 4.37. The van der Waals surface area contributed by atoms with E-state index in [1.165, 1.54) is 16.7 Å². The molecule has 0 amide bonds. The van der Waals surface area contributed by atoms with Crippen molar-refractivity contribution >= 4 is 0 Å². The van der Waals surface area contributed by atoms with Gasteiger partial charge in [-0.2, -0.15) is 5.53 Å². The van der Waals surface area contributed by atoms with E-state index in [1.807, 2.05) is 18.2 Å². The number of benzene rings is 3. The van der Waals surface area contributed by atoms with E-state index < -0.39 is 0 Å². The number of hydrogen-bond acceptors (Lipinski definition) is 9. The second-order valence-corrected chi connectivity index (χ2v) is 9.49. The average molecular weight is 490 g/mol. The number of hydrogen-bond donors (Lipinski definition) is 1. The Bertz CT molecular complexity index is 1120. The van der Waals surface area contributed by atoms with Gasteiger partial charge in [0.15, 0.2) is 34.5 Å². The second kappa shape index (κ2) is 9.09. The first-order valence-electron chi connectivity index (χ1n) is 12.2. The Balaban J connectivity index is 1.10. The highest BCUT2D eigenvalue weighted by Gasteiger charge is 2.27. The molecular formula is C27H27N3O6. The van der Waals surface area contributed by atoms with Gasteiger partial charge in [-0.3, -0.25) is 0 Å². The molecule has 7 rings (SSSR count). The summed E-state index contributed by atoms with van der Waals surface area (Å²) in [5.74, 6) is 5.27. The van der Waals surface area contributed by atoms with Gasteiger partial charge in [-0.1, -0.05) is 18.2 Å². The van der Waals surface area contributed by atoms with Crippen LogP contribution in [-0.2, 0) is 19.5 Å². The first-order chi connectivity index (χ1) is 17.7. The molecule has 0 aromatic heterocycles. The Labute approximate surface area is 208 Å².